The molecule has 1 unspecified atom stereocenters. The summed E-state index contributed by atoms with van der Waals surface area (Å²) < 4.78 is 5.34. The highest BCUT2D eigenvalue weighted by Gasteiger charge is 2.25. The van der Waals surface area contributed by atoms with Gasteiger partial charge in [-0.3, -0.25) is 9.89 Å². The summed E-state index contributed by atoms with van der Waals surface area (Å²) in [6.07, 6.45) is -0.415. The summed E-state index contributed by atoms with van der Waals surface area (Å²) >= 11 is 0. The summed E-state index contributed by atoms with van der Waals surface area (Å²) in [7, 11) is 1.76. The molecule has 0 bridgehead atoms. The second-order valence-electron chi connectivity index (χ2n) is 9.14. The lowest BCUT2D eigenvalue weighted by Gasteiger charge is -2.37. The Morgan fingerprint density at radius 1 is 1.11 bits per heavy atom. The van der Waals surface area contributed by atoms with E-state index in [2.05, 4.69) is 44.6 Å². The number of carbonyl (C=O) groups excluding carboxylic acids is 1. The van der Waals surface area contributed by atoms with Gasteiger partial charge in [-0.25, -0.2) is 4.79 Å². The molecule has 0 saturated carbocycles. The lowest BCUT2D eigenvalue weighted by molar-refractivity contribution is 0.0474. The number of nitrogens with one attached hydrogen (secondary N) is 3. The number of hydrogen-bond donors (Lipinski definition) is 3. The van der Waals surface area contributed by atoms with Crippen molar-refractivity contribution in [3.05, 3.63) is 0 Å². The number of carbonyl (C=O) groups is 1. The molecule has 1 fully saturated rings. The summed E-state index contributed by atoms with van der Waals surface area (Å²) in [5, 5.41) is 9.59. The lowest BCUT2D eigenvalue weighted by atomic mass is 10.1. The quantitative estimate of drug-likeness (QED) is 0.445. The number of alkyl carbamates (subject to hydrolysis) is 1. The molecular weight excluding hydrogens is 356 g/mol. The van der Waals surface area contributed by atoms with Crippen molar-refractivity contribution in [2.24, 2.45) is 4.99 Å². The predicted molar refractivity (Wildman–Crippen MR) is 116 cm³/mol. The van der Waals surface area contributed by atoms with E-state index in [1.54, 1.807) is 7.05 Å². The molecular formula is C20H42N6O2. The molecule has 1 amide bonds. The van der Waals surface area contributed by atoms with Gasteiger partial charge in [0.05, 0.1) is 5.54 Å². The number of aliphatic imine (C=N–C) groups is 1. The third-order valence-corrected chi connectivity index (χ3v) is 4.80. The van der Waals surface area contributed by atoms with Gasteiger partial charge in [-0.1, -0.05) is 6.92 Å². The highest BCUT2D eigenvalue weighted by molar-refractivity contribution is 5.79. The molecule has 1 atom stereocenters. The average molecular weight is 399 g/mol. The molecule has 0 aromatic rings. The largest absolute Gasteiger partial charge is 0.444 e. The summed E-state index contributed by atoms with van der Waals surface area (Å²) in [5.74, 6) is 0.734. The van der Waals surface area contributed by atoms with Gasteiger partial charge in [0.25, 0.3) is 0 Å². The van der Waals surface area contributed by atoms with Crippen molar-refractivity contribution in [3.8, 4) is 0 Å². The SMILES string of the molecule is CCN1CCN(C(C)CNC(=NC)NCC(C)(C)NC(=O)OC(C)(C)C)CC1. The molecule has 28 heavy (non-hydrogen) atoms. The molecule has 0 aromatic carbocycles. The average Bonchev–Trinajstić information content (AvgIpc) is 2.59. The summed E-state index contributed by atoms with van der Waals surface area (Å²) in [5.41, 5.74) is -0.980. The molecule has 0 spiro atoms. The Balaban J connectivity index is 2.38. The number of guanidine groups is 1. The van der Waals surface area contributed by atoms with Gasteiger partial charge in [-0.05, 0) is 48.1 Å². The number of hydrogen-bond acceptors (Lipinski definition) is 5. The van der Waals surface area contributed by atoms with Gasteiger partial charge in [-0.15, -0.1) is 0 Å². The van der Waals surface area contributed by atoms with E-state index in [1.807, 2.05) is 34.6 Å². The van der Waals surface area contributed by atoms with Gasteiger partial charge >= 0.3 is 6.09 Å². The van der Waals surface area contributed by atoms with E-state index < -0.39 is 17.2 Å². The van der Waals surface area contributed by atoms with Gasteiger partial charge in [0.1, 0.15) is 5.60 Å². The van der Waals surface area contributed by atoms with Gasteiger partial charge in [0.15, 0.2) is 5.96 Å². The second-order valence-corrected chi connectivity index (χ2v) is 9.14. The Bertz CT molecular complexity index is 507. The summed E-state index contributed by atoms with van der Waals surface area (Å²) in [6.45, 7) is 20.9. The number of piperazine rings is 1. The number of rotatable bonds is 7. The molecule has 0 radical (unpaired) electrons. The van der Waals surface area contributed by atoms with Crippen LogP contribution in [0.5, 0.6) is 0 Å². The minimum Gasteiger partial charge on any atom is -0.444 e. The zero-order chi connectivity index (χ0) is 21.4. The topological polar surface area (TPSA) is 81.2 Å². The highest BCUT2D eigenvalue weighted by Crippen LogP contribution is 2.09. The van der Waals surface area contributed by atoms with Crippen LogP contribution < -0.4 is 16.0 Å². The molecule has 8 nitrogen and oxygen atoms in total. The Morgan fingerprint density at radius 3 is 2.21 bits per heavy atom. The Hall–Kier alpha value is -1.54. The van der Waals surface area contributed by atoms with Crippen LogP contribution in [0, 0.1) is 0 Å². The fourth-order valence-corrected chi connectivity index (χ4v) is 3.04. The van der Waals surface area contributed by atoms with E-state index in [1.165, 1.54) is 0 Å². The van der Waals surface area contributed by atoms with E-state index in [4.69, 9.17) is 4.74 Å². The van der Waals surface area contributed by atoms with Crippen LogP contribution in [0.25, 0.3) is 0 Å². The molecule has 8 heteroatoms. The molecule has 0 aliphatic carbocycles. The molecule has 1 aliphatic rings. The molecule has 1 aliphatic heterocycles. The molecule has 164 valence electrons. The van der Waals surface area contributed by atoms with Crippen LogP contribution in [0.15, 0.2) is 4.99 Å². The third-order valence-electron chi connectivity index (χ3n) is 4.80. The van der Waals surface area contributed by atoms with Gasteiger partial charge in [-0.2, -0.15) is 0 Å². The first-order valence-electron chi connectivity index (χ1n) is 10.4. The minimum absolute atomic E-state index is 0.415. The lowest BCUT2D eigenvalue weighted by Crippen LogP contribution is -2.56. The molecule has 0 aromatic heterocycles. The van der Waals surface area contributed by atoms with E-state index >= 15 is 0 Å². The number of ether oxygens (including phenoxy) is 1. The summed E-state index contributed by atoms with van der Waals surface area (Å²) in [4.78, 5) is 21.3. The molecule has 3 N–H and O–H groups in total. The first-order chi connectivity index (χ1) is 13.0. The van der Waals surface area contributed by atoms with Crippen molar-refractivity contribution in [2.45, 2.75) is 65.6 Å². The maximum absolute atomic E-state index is 12.0. The zero-order valence-electron chi connectivity index (χ0n) is 19.2. The van der Waals surface area contributed by atoms with E-state index in [0.29, 0.717) is 12.6 Å². The smallest absolute Gasteiger partial charge is 0.408 e. The normalized spacial score (nSPS) is 18.5. The summed E-state index contributed by atoms with van der Waals surface area (Å²) in [6, 6.07) is 0.436. The number of amides is 1. The zero-order valence-corrected chi connectivity index (χ0v) is 19.2. The van der Waals surface area contributed by atoms with Crippen LogP contribution in [0.3, 0.4) is 0 Å². The Morgan fingerprint density at radius 2 is 1.71 bits per heavy atom. The van der Waals surface area contributed by atoms with E-state index in [9.17, 15) is 4.79 Å². The molecule has 1 rings (SSSR count). The Kier molecular flexibility index (Phi) is 9.50. The van der Waals surface area contributed by atoms with Gasteiger partial charge in [0, 0.05) is 52.4 Å². The fraction of sp³-hybridized carbons (Fsp3) is 0.900. The first kappa shape index (κ1) is 24.5. The van der Waals surface area contributed by atoms with Crippen LogP contribution >= 0.6 is 0 Å². The third kappa shape index (κ3) is 9.59. The molecule has 1 saturated heterocycles. The van der Waals surface area contributed by atoms with Crippen molar-refractivity contribution in [3.63, 3.8) is 0 Å². The fourth-order valence-electron chi connectivity index (χ4n) is 3.04. The van der Waals surface area contributed by atoms with E-state index in [-0.39, 0.29) is 0 Å². The van der Waals surface area contributed by atoms with Gasteiger partial charge < -0.3 is 25.6 Å². The van der Waals surface area contributed by atoms with Crippen LogP contribution in [0.1, 0.15) is 48.5 Å². The maximum Gasteiger partial charge on any atom is 0.408 e. The van der Waals surface area contributed by atoms with Crippen molar-refractivity contribution in [1.82, 2.24) is 25.8 Å². The maximum atomic E-state index is 12.0. The predicted octanol–water partition coefficient (Wildman–Crippen LogP) is 1.48. The van der Waals surface area contributed by atoms with Crippen molar-refractivity contribution in [2.75, 3.05) is 52.9 Å². The Labute approximate surface area is 171 Å². The monoisotopic (exact) mass is 398 g/mol. The second kappa shape index (κ2) is 10.9. The van der Waals surface area contributed by atoms with E-state index in [0.717, 1.165) is 45.2 Å². The van der Waals surface area contributed by atoms with Crippen molar-refractivity contribution < 1.29 is 9.53 Å². The minimum atomic E-state index is -0.510. The first-order valence-corrected chi connectivity index (χ1v) is 10.4. The van der Waals surface area contributed by atoms with Crippen LogP contribution in [-0.4, -0.2) is 91.9 Å². The number of likely N-dealkylation sites (N-methyl/N-ethyl adjacent to an activating group) is 1. The molecule has 1 heterocycles. The highest BCUT2D eigenvalue weighted by atomic mass is 16.6. The van der Waals surface area contributed by atoms with Gasteiger partial charge in [0.2, 0.25) is 0 Å². The van der Waals surface area contributed by atoms with Crippen LogP contribution in [0.2, 0.25) is 0 Å². The van der Waals surface area contributed by atoms with Crippen LogP contribution in [0.4, 0.5) is 4.79 Å². The van der Waals surface area contributed by atoms with Crippen LogP contribution in [-0.2, 0) is 4.74 Å². The number of nitrogens with zero attached hydrogens (tertiary/aromatic N) is 3. The van der Waals surface area contributed by atoms with Crippen molar-refractivity contribution in [1.29, 1.82) is 0 Å². The standard InChI is InChI=1S/C20H42N6O2/c1-9-25-10-12-26(13-11-25)16(2)14-22-17(21-8)23-15-20(6,7)24-18(27)28-19(3,4)5/h16H,9-15H2,1-8H3,(H,24,27)(H2,21,22,23). The van der Waals surface area contributed by atoms with Crippen molar-refractivity contribution >= 4 is 12.1 Å².